The molecule has 0 radical (unpaired) electrons. The standard InChI is InChI=1S/C12H22N4O/c1-4-5-13-7-11(17)6-12-14-9-15-16(12)8-10(2)3/h9-10,13H,4-8H2,1-3H3. The lowest BCUT2D eigenvalue weighted by Gasteiger charge is -2.08. The van der Waals surface area contributed by atoms with E-state index >= 15 is 0 Å². The maximum absolute atomic E-state index is 11.7. The molecular formula is C12H22N4O. The monoisotopic (exact) mass is 238 g/mol. The average molecular weight is 238 g/mol. The van der Waals surface area contributed by atoms with Crippen LogP contribution in [0.1, 0.15) is 33.0 Å². The van der Waals surface area contributed by atoms with Crippen LogP contribution in [0.3, 0.4) is 0 Å². The van der Waals surface area contributed by atoms with E-state index in [1.54, 1.807) is 0 Å². The van der Waals surface area contributed by atoms with Crippen LogP contribution in [0.5, 0.6) is 0 Å². The van der Waals surface area contributed by atoms with Gasteiger partial charge in [0.25, 0.3) is 0 Å². The molecule has 5 nitrogen and oxygen atoms in total. The molecule has 1 aromatic rings. The van der Waals surface area contributed by atoms with E-state index in [0.29, 0.717) is 18.9 Å². The first-order valence-electron chi connectivity index (χ1n) is 6.22. The lowest BCUT2D eigenvalue weighted by molar-refractivity contribution is -0.117. The molecule has 0 bridgehead atoms. The number of rotatable bonds is 8. The lowest BCUT2D eigenvalue weighted by atomic mass is 10.2. The van der Waals surface area contributed by atoms with Crippen LogP contribution in [-0.2, 0) is 17.8 Å². The predicted octanol–water partition coefficient (Wildman–Crippen LogP) is 1.05. The van der Waals surface area contributed by atoms with Crippen molar-refractivity contribution in [3.05, 3.63) is 12.2 Å². The molecule has 0 aliphatic carbocycles. The zero-order chi connectivity index (χ0) is 12.7. The van der Waals surface area contributed by atoms with Crippen molar-refractivity contribution >= 4 is 5.78 Å². The second-order valence-corrected chi connectivity index (χ2v) is 4.64. The summed E-state index contributed by atoms with van der Waals surface area (Å²) in [5, 5.41) is 7.24. The van der Waals surface area contributed by atoms with Gasteiger partial charge in [0.15, 0.2) is 5.78 Å². The van der Waals surface area contributed by atoms with Crippen LogP contribution in [0.2, 0.25) is 0 Å². The fourth-order valence-electron chi connectivity index (χ4n) is 1.57. The first kappa shape index (κ1) is 13.8. The van der Waals surface area contributed by atoms with Gasteiger partial charge in [0, 0.05) is 6.54 Å². The van der Waals surface area contributed by atoms with Gasteiger partial charge < -0.3 is 5.32 Å². The number of hydrogen-bond donors (Lipinski definition) is 1. The van der Waals surface area contributed by atoms with E-state index in [1.165, 1.54) is 6.33 Å². The van der Waals surface area contributed by atoms with Crippen molar-refractivity contribution in [2.75, 3.05) is 13.1 Å². The number of nitrogens with zero attached hydrogens (tertiary/aromatic N) is 3. The number of nitrogens with one attached hydrogen (secondary N) is 1. The molecule has 1 rings (SSSR count). The van der Waals surface area contributed by atoms with Gasteiger partial charge in [-0.15, -0.1) is 0 Å². The van der Waals surface area contributed by atoms with Gasteiger partial charge >= 0.3 is 0 Å². The highest BCUT2D eigenvalue weighted by Crippen LogP contribution is 2.02. The molecule has 0 amide bonds. The van der Waals surface area contributed by atoms with E-state index in [9.17, 15) is 4.79 Å². The van der Waals surface area contributed by atoms with Gasteiger partial charge in [-0.1, -0.05) is 20.8 Å². The quantitative estimate of drug-likeness (QED) is 0.688. The highest BCUT2D eigenvalue weighted by atomic mass is 16.1. The fraction of sp³-hybridized carbons (Fsp3) is 0.750. The summed E-state index contributed by atoms with van der Waals surface area (Å²) in [5.41, 5.74) is 0. The average Bonchev–Trinajstić information content (AvgIpc) is 2.65. The zero-order valence-corrected chi connectivity index (χ0v) is 10.9. The molecule has 0 unspecified atom stereocenters. The molecular weight excluding hydrogens is 216 g/mol. The van der Waals surface area contributed by atoms with Gasteiger partial charge in [0.05, 0.1) is 13.0 Å². The Balaban J connectivity index is 2.44. The van der Waals surface area contributed by atoms with E-state index in [4.69, 9.17) is 0 Å². The third-order valence-electron chi connectivity index (χ3n) is 2.34. The van der Waals surface area contributed by atoms with Crippen LogP contribution in [0, 0.1) is 5.92 Å². The third-order valence-corrected chi connectivity index (χ3v) is 2.34. The Morgan fingerprint density at radius 1 is 1.53 bits per heavy atom. The molecule has 0 aliphatic heterocycles. The van der Waals surface area contributed by atoms with Crippen LogP contribution in [0.15, 0.2) is 6.33 Å². The number of ketones is 1. The molecule has 0 fully saturated rings. The van der Waals surface area contributed by atoms with Crippen molar-refractivity contribution in [1.29, 1.82) is 0 Å². The number of Topliss-reactive ketones (excluding diaryl/α,β-unsaturated/α-hetero) is 1. The Morgan fingerprint density at radius 2 is 2.29 bits per heavy atom. The topological polar surface area (TPSA) is 59.8 Å². The summed E-state index contributed by atoms with van der Waals surface area (Å²) < 4.78 is 1.82. The first-order chi connectivity index (χ1) is 8.13. The molecule has 0 saturated carbocycles. The number of carbonyl (C=O) groups is 1. The first-order valence-corrected chi connectivity index (χ1v) is 6.22. The van der Waals surface area contributed by atoms with Crippen LogP contribution >= 0.6 is 0 Å². The summed E-state index contributed by atoms with van der Waals surface area (Å²) >= 11 is 0. The Kier molecular flexibility index (Phi) is 5.83. The molecule has 0 atom stereocenters. The Hall–Kier alpha value is -1.23. The number of hydrogen-bond acceptors (Lipinski definition) is 4. The second-order valence-electron chi connectivity index (χ2n) is 4.64. The van der Waals surface area contributed by atoms with E-state index in [-0.39, 0.29) is 5.78 Å². The predicted molar refractivity (Wildman–Crippen MR) is 66.7 cm³/mol. The summed E-state index contributed by atoms with van der Waals surface area (Å²) in [6, 6.07) is 0. The minimum absolute atomic E-state index is 0.163. The van der Waals surface area contributed by atoms with E-state index < -0.39 is 0 Å². The Labute approximate surface area is 103 Å². The molecule has 1 heterocycles. The summed E-state index contributed by atoms with van der Waals surface area (Å²) in [6.07, 6.45) is 2.92. The van der Waals surface area contributed by atoms with E-state index in [0.717, 1.165) is 25.3 Å². The summed E-state index contributed by atoms with van der Waals surface area (Å²) in [5.74, 6) is 1.43. The summed E-state index contributed by atoms with van der Waals surface area (Å²) in [7, 11) is 0. The molecule has 0 spiro atoms. The van der Waals surface area contributed by atoms with Crippen molar-refractivity contribution in [2.45, 2.75) is 40.2 Å². The highest BCUT2D eigenvalue weighted by Gasteiger charge is 2.10. The smallest absolute Gasteiger partial charge is 0.154 e. The molecule has 1 N–H and O–H groups in total. The highest BCUT2D eigenvalue weighted by molar-refractivity contribution is 5.82. The van der Waals surface area contributed by atoms with Gasteiger partial charge in [-0.05, 0) is 18.9 Å². The van der Waals surface area contributed by atoms with Gasteiger partial charge in [-0.25, -0.2) is 9.67 Å². The van der Waals surface area contributed by atoms with Crippen LogP contribution < -0.4 is 5.32 Å². The molecule has 96 valence electrons. The van der Waals surface area contributed by atoms with Gasteiger partial charge in [-0.2, -0.15) is 5.10 Å². The number of aromatic nitrogens is 3. The minimum Gasteiger partial charge on any atom is -0.310 e. The SMILES string of the molecule is CCCNCC(=O)Cc1ncnn1CC(C)C. The van der Waals surface area contributed by atoms with E-state index in [1.807, 2.05) is 4.68 Å². The molecule has 17 heavy (non-hydrogen) atoms. The molecule has 1 aromatic heterocycles. The van der Waals surface area contributed by atoms with Crippen LogP contribution in [-0.4, -0.2) is 33.6 Å². The van der Waals surface area contributed by atoms with Crippen molar-refractivity contribution in [1.82, 2.24) is 20.1 Å². The van der Waals surface area contributed by atoms with Crippen LogP contribution in [0.4, 0.5) is 0 Å². The van der Waals surface area contributed by atoms with Crippen molar-refractivity contribution in [2.24, 2.45) is 5.92 Å². The number of carbonyl (C=O) groups excluding carboxylic acids is 1. The largest absolute Gasteiger partial charge is 0.310 e. The summed E-state index contributed by atoms with van der Waals surface area (Å²) in [4.78, 5) is 15.8. The van der Waals surface area contributed by atoms with Crippen molar-refractivity contribution in [3.8, 4) is 0 Å². The fourth-order valence-corrected chi connectivity index (χ4v) is 1.57. The van der Waals surface area contributed by atoms with Gasteiger partial charge in [0.1, 0.15) is 12.2 Å². The van der Waals surface area contributed by atoms with Gasteiger partial charge in [0.2, 0.25) is 0 Å². The van der Waals surface area contributed by atoms with Gasteiger partial charge in [-0.3, -0.25) is 4.79 Å². The molecule has 5 heteroatoms. The van der Waals surface area contributed by atoms with E-state index in [2.05, 4.69) is 36.2 Å². The minimum atomic E-state index is 0.163. The van der Waals surface area contributed by atoms with Crippen molar-refractivity contribution in [3.63, 3.8) is 0 Å². The Morgan fingerprint density at radius 3 is 2.94 bits per heavy atom. The molecule has 0 saturated heterocycles. The lowest BCUT2D eigenvalue weighted by Crippen LogP contribution is -2.26. The molecule has 0 aliphatic rings. The maximum Gasteiger partial charge on any atom is 0.154 e. The normalized spacial score (nSPS) is 11.1. The summed E-state index contributed by atoms with van der Waals surface area (Å²) in [6.45, 7) is 8.43. The second kappa shape index (κ2) is 7.17. The third kappa shape index (κ3) is 5.08. The van der Waals surface area contributed by atoms with Crippen molar-refractivity contribution < 1.29 is 4.79 Å². The zero-order valence-electron chi connectivity index (χ0n) is 10.9. The Bertz CT molecular complexity index is 346. The maximum atomic E-state index is 11.7. The van der Waals surface area contributed by atoms with Crippen LogP contribution in [0.25, 0.3) is 0 Å². The molecule has 0 aromatic carbocycles.